The van der Waals surface area contributed by atoms with Crippen molar-refractivity contribution < 1.29 is 18.0 Å². The molecule has 0 aromatic carbocycles. The number of nitrogens with zero attached hydrogens (tertiary/aromatic N) is 1. The Hall–Kier alpha value is -1.08. The molecule has 7 heteroatoms. The Kier molecular flexibility index (Phi) is 3.52. The predicted octanol–water partition coefficient (Wildman–Crippen LogP) is 2.95. The summed E-state index contributed by atoms with van der Waals surface area (Å²) in [7, 11) is 0. The molecule has 1 aromatic heterocycles. The molecule has 1 saturated carbocycles. The van der Waals surface area contributed by atoms with Gasteiger partial charge < -0.3 is 10.2 Å². The first-order valence-electron chi connectivity index (χ1n) is 6.98. The van der Waals surface area contributed by atoms with Gasteiger partial charge in [-0.2, -0.15) is 24.5 Å². The van der Waals surface area contributed by atoms with Crippen molar-refractivity contribution in [1.82, 2.24) is 10.2 Å². The minimum atomic E-state index is -4.44. The molecule has 1 N–H and O–H groups in total. The lowest BCUT2D eigenvalue weighted by atomic mass is 9.99. The summed E-state index contributed by atoms with van der Waals surface area (Å²) in [6.07, 6.45) is -4.59. The lowest BCUT2D eigenvalue weighted by Gasteiger charge is -2.40. The quantitative estimate of drug-likeness (QED) is 0.909. The molecule has 0 bridgehead atoms. The Morgan fingerprint density at radius 3 is 2.71 bits per heavy atom. The van der Waals surface area contributed by atoms with Crippen molar-refractivity contribution in [2.24, 2.45) is 5.41 Å². The standard InChI is InChI=1S/C14H17F3N2OS/c1-9-6-18-11(10-2-5-21-8-10)7-19(9)12(20)13(3-4-13)14(15,16)17/h2,5,8-9,11,18H,3-4,6-7H2,1H3/t9-,11-/m1/s1. The molecule has 0 unspecified atom stereocenters. The zero-order valence-corrected chi connectivity index (χ0v) is 12.4. The first kappa shape index (κ1) is 14.8. The van der Waals surface area contributed by atoms with E-state index < -0.39 is 17.5 Å². The van der Waals surface area contributed by atoms with Gasteiger partial charge in [0.05, 0.1) is 6.04 Å². The van der Waals surface area contributed by atoms with E-state index in [4.69, 9.17) is 0 Å². The normalized spacial score (nSPS) is 28.5. The Bertz CT molecular complexity index is 525. The zero-order chi connectivity index (χ0) is 15.3. The first-order valence-corrected chi connectivity index (χ1v) is 7.93. The van der Waals surface area contributed by atoms with Gasteiger partial charge in [-0.25, -0.2) is 0 Å². The van der Waals surface area contributed by atoms with Crippen LogP contribution in [0.3, 0.4) is 0 Å². The topological polar surface area (TPSA) is 32.3 Å². The van der Waals surface area contributed by atoms with Crippen LogP contribution in [0, 0.1) is 5.41 Å². The largest absolute Gasteiger partial charge is 0.403 e. The fraction of sp³-hybridized carbons (Fsp3) is 0.643. The minimum Gasteiger partial charge on any atom is -0.336 e. The van der Waals surface area contributed by atoms with E-state index in [1.807, 2.05) is 16.8 Å². The van der Waals surface area contributed by atoms with Crippen LogP contribution in [0.5, 0.6) is 0 Å². The predicted molar refractivity (Wildman–Crippen MR) is 74.0 cm³/mol. The molecule has 1 aliphatic heterocycles. The highest BCUT2D eigenvalue weighted by Gasteiger charge is 2.69. The van der Waals surface area contributed by atoms with Gasteiger partial charge in [-0.15, -0.1) is 0 Å². The third-order valence-corrected chi connectivity index (χ3v) is 5.18. The maximum absolute atomic E-state index is 13.1. The van der Waals surface area contributed by atoms with Crippen molar-refractivity contribution in [2.75, 3.05) is 13.1 Å². The number of alkyl halides is 3. The summed E-state index contributed by atoms with van der Waals surface area (Å²) in [6.45, 7) is 2.61. The number of thiophene rings is 1. The molecule has 2 heterocycles. The molecule has 3 rings (SSSR count). The highest BCUT2D eigenvalue weighted by atomic mass is 32.1. The van der Waals surface area contributed by atoms with Crippen molar-refractivity contribution in [1.29, 1.82) is 0 Å². The van der Waals surface area contributed by atoms with Gasteiger partial charge in [-0.1, -0.05) is 0 Å². The number of nitrogens with one attached hydrogen (secondary N) is 1. The number of carbonyl (C=O) groups excluding carboxylic acids is 1. The van der Waals surface area contributed by atoms with Gasteiger partial charge in [-0.05, 0) is 42.2 Å². The molecule has 116 valence electrons. The molecule has 1 saturated heterocycles. The zero-order valence-electron chi connectivity index (χ0n) is 11.6. The van der Waals surface area contributed by atoms with Gasteiger partial charge in [0.25, 0.3) is 0 Å². The Labute approximate surface area is 125 Å². The van der Waals surface area contributed by atoms with E-state index in [0.717, 1.165) is 5.56 Å². The molecule has 0 radical (unpaired) electrons. The molecule has 2 aliphatic rings. The summed E-state index contributed by atoms with van der Waals surface area (Å²) in [5.41, 5.74) is -1.08. The number of amides is 1. The molecule has 0 spiro atoms. The second kappa shape index (κ2) is 4.98. The van der Waals surface area contributed by atoms with E-state index in [2.05, 4.69) is 5.32 Å². The summed E-state index contributed by atoms with van der Waals surface area (Å²) in [6, 6.07) is 1.64. The van der Waals surface area contributed by atoms with Crippen LogP contribution in [0.1, 0.15) is 31.4 Å². The number of halogens is 3. The minimum absolute atomic E-state index is 0.0743. The van der Waals surface area contributed by atoms with Crippen LogP contribution in [-0.4, -0.2) is 36.1 Å². The van der Waals surface area contributed by atoms with Crippen LogP contribution in [0.15, 0.2) is 16.8 Å². The molecular weight excluding hydrogens is 301 g/mol. The van der Waals surface area contributed by atoms with Crippen LogP contribution in [0.2, 0.25) is 0 Å². The smallest absolute Gasteiger partial charge is 0.336 e. The van der Waals surface area contributed by atoms with E-state index in [1.54, 1.807) is 18.3 Å². The third-order valence-electron chi connectivity index (χ3n) is 4.48. The number of rotatable bonds is 2. The Balaban J connectivity index is 1.79. The number of hydrogen-bond donors (Lipinski definition) is 1. The van der Waals surface area contributed by atoms with E-state index >= 15 is 0 Å². The third kappa shape index (κ3) is 2.46. The van der Waals surface area contributed by atoms with Crippen molar-refractivity contribution >= 4 is 17.2 Å². The second-order valence-corrected chi connectivity index (χ2v) is 6.68. The molecule has 3 nitrogen and oxygen atoms in total. The van der Waals surface area contributed by atoms with Gasteiger partial charge in [0.1, 0.15) is 5.41 Å². The fourth-order valence-electron chi connectivity index (χ4n) is 2.86. The van der Waals surface area contributed by atoms with Crippen molar-refractivity contribution in [3.63, 3.8) is 0 Å². The van der Waals surface area contributed by atoms with Crippen molar-refractivity contribution in [3.05, 3.63) is 22.4 Å². The van der Waals surface area contributed by atoms with Crippen LogP contribution < -0.4 is 5.32 Å². The van der Waals surface area contributed by atoms with Gasteiger partial charge >= 0.3 is 6.18 Å². The van der Waals surface area contributed by atoms with Gasteiger partial charge in [0, 0.05) is 19.1 Å². The van der Waals surface area contributed by atoms with Crippen molar-refractivity contribution in [2.45, 2.75) is 38.0 Å². The van der Waals surface area contributed by atoms with Crippen LogP contribution in [0.25, 0.3) is 0 Å². The van der Waals surface area contributed by atoms with Gasteiger partial charge in [0.2, 0.25) is 5.91 Å². The lowest BCUT2D eigenvalue weighted by Crippen LogP contribution is -2.57. The van der Waals surface area contributed by atoms with Gasteiger partial charge in [0.15, 0.2) is 0 Å². The summed E-state index contributed by atoms with van der Waals surface area (Å²) in [5, 5.41) is 7.19. The highest BCUT2D eigenvalue weighted by molar-refractivity contribution is 7.07. The maximum Gasteiger partial charge on any atom is 0.403 e. The summed E-state index contributed by atoms with van der Waals surface area (Å²) in [4.78, 5) is 13.9. The summed E-state index contributed by atoms with van der Waals surface area (Å²) < 4.78 is 39.4. The highest BCUT2D eigenvalue weighted by Crippen LogP contribution is 2.59. The van der Waals surface area contributed by atoms with Crippen LogP contribution in [-0.2, 0) is 4.79 Å². The fourth-order valence-corrected chi connectivity index (χ4v) is 3.58. The molecule has 2 atom stereocenters. The second-order valence-electron chi connectivity index (χ2n) is 5.90. The van der Waals surface area contributed by atoms with Crippen LogP contribution >= 0.6 is 11.3 Å². The summed E-state index contributed by atoms with van der Waals surface area (Å²) >= 11 is 1.54. The van der Waals surface area contributed by atoms with E-state index in [1.165, 1.54) is 4.90 Å². The molecule has 21 heavy (non-hydrogen) atoms. The van der Waals surface area contributed by atoms with Crippen LogP contribution in [0.4, 0.5) is 13.2 Å². The lowest BCUT2D eigenvalue weighted by molar-refractivity contribution is -0.200. The molecule has 2 fully saturated rings. The van der Waals surface area contributed by atoms with E-state index in [-0.39, 0.29) is 24.9 Å². The Morgan fingerprint density at radius 2 is 2.19 bits per heavy atom. The average molecular weight is 318 g/mol. The number of hydrogen-bond acceptors (Lipinski definition) is 3. The van der Waals surface area contributed by atoms with E-state index in [0.29, 0.717) is 13.1 Å². The average Bonchev–Trinajstić information content (AvgIpc) is 3.08. The number of carbonyl (C=O) groups is 1. The van der Waals surface area contributed by atoms with Crippen molar-refractivity contribution in [3.8, 4) is 0 Å². The SMILES string of the molecule is C[C@@H]1CN[C@@H](c2ccsc2)CN1C(=O)C1(C(F)(F)F)CC1. The monoisotopic (exact) mass is 318 g/mol. The molecule has 1 amide bonds. The molecule has 1 aromatic rings. The Morgan fingerprint density at radius 1 is 1.48 bits per heavy atom. The number of piperazine rings is 1. The molecule has 1 aliphatic carbocycles. The van der Waals surface area contributed by atoms with Gasteiger partial charge in [-0.3, -0.25) is 4.79 Å². The first-order chi connectivity index (χ1) is 9.85. The summed E-state index contributed by atoms with van der Waals surface area (Å²) in [5.74, 6) is -0.746. The van der Waals surface area contributed by atoms with E-state index in [9.17, 15) is 18.0 Å². The molecular formula is C14H17F3N2OS. The maximum atomic E-state index is 13.1.